The highest BCUT2D eigenvalue weighted by molar-refractivity contribution is 5.70. The maximum absolute atomic E-state index is 13.0. The summed E-state index contributed by atoms with van der Waals surface area (Å²) in [5, 5.41) is 72.1. The SMILES string of the molecule is CCCCCCCCCCCCCCCCCCCCCCCCCC(=O)OC[C@H](CO[C@H]1O[C@@H](CO[C@H]2O[C@@H](CO)[C@@H](O)C(O)C2O)[C@@H](O)C(O)C1O)OC(=O)CCCCCCCCCCCC. The molecule has 2 fully saturated rings. The van der Waals surface area contributed by atoms with Crippen molar-refractivity contribution in [1.82, 2.24) is 0 Å². The molecule has 0 aliphatic carbocycles. The molecule has 2 aliphatic heterocycles. The molecule has 7 N–H and O–H groups in total. The summed E-state index contributed by atoms with van der Waals surface area (Å²) in [6, 6.07) is 0. The number of carbonyl (C=O) groups is 2. The van der Waals surface area contributed by atoms with Crippen LogP contribution >= 0.6 is 0 Å². The van der Waals surface area contributed by atoms with Crippen LogP contribution in [0.25, 0.3) is 0 Å². The Labute approximate surface area is 417 Å². The van der Waals surface area contributed by atoms with Crippen LogP contribution in [0, 0.1) is 0 Å². The molecule has 2 rings (SSSR count). The van der Waals surface area contributed by atoms with Crippen molar-refractivity contribution in [2.24, 2.45) is 0 Å². The summed E-state index contributed by atoms with van der Waals surface area (Å²) in [5.41, 5.74) is 0. The average molecular weight is 991 g/mol. The first kappa shape index (κ1) is 63.6. The van der Waals surface area contributed by atoms with Crippen LogP contribution in [-0.4, -0.2) is 142 Å². The Hall–Kier alpha value is -1.50. The Morgan fingerprint density at radius 1 is 0.406 bits per heavy atom. The fourth-order valence-electron chi connectivity index (χ4n) is 9.22. The first-order chi connectivity index (χ1) is 33.5. The van der Waals surface area contributed by atoms with E-state index in [0.29, 0.717) is 12.8 Å². The number of aliphatic hydroxyl groups excluding tert-OH is 7. The minimum atomic E-state index is -1.76. The van der Waals surface area contributed by atoms with E-state index in [1.54, 1.807) is 0 Å². The number of unbranched alkanes of at least 4 members (excludes halogenated alkanes) is 31. The largest absolute Gasteiger partial charge is 0.462 e. The molecule has 15 heteroatoms. The first-order valence-electron chi connectivity index (χ1n) is 28.1. The number of aliphatic hydroxyl groups is 7. The van der Waals surface area contributed by atoms with Gasteiger partial charge in [0.25, 0.3) is 0 Å². The topological polar surface area (TPSA) is 231 Å². The normalized spacial score (nSPS) is 25.5. The van der Waals surface area contributed by atoms with Gasteiger partial charge < -0.3 is 64.2 Å². The standard InChI is InChI=1S/C54H102O15/c1-3-5-7-9-11-13-15-16-17-18-19-20-21-22-23-24-25-26-27-29-30-32-34-36-45(56)64-39-42(67-46(57)37-35-33-31-28-14-12-10-8-6-4-2)40-65-53-52(63)50(61)48(59)44(69-53)41-66-54-51(62)49(60)47(58)43(38-55)68-54/h42-44,47-55,58-63H,3-41H2,1-2H3/t42-,43+,44+,47-,48-,49?,50?,51?,52?,53+,54+/m1/s1. The van der Waals surface area contributed by atoms with Crippen molar-refractivity contribution >= 4 is 11.9 Å². The van der Waals surface area contributed by atoms with Crippen molar-refractivity contribution in [3.63, 3.8) is 0 Å². The predicted molar refractivity (Wildman–Crippen MR) is 266 cm³/mol. The van der Waals surface area contributed by atoms with Gasteiger partial charge in [0.2, 0.25) is 0 Å². The second-order valence-electron chi connectivity index (χ2n) is 20.1. The molecule has 69 heavy (non-hydrogen) atoms. The van der Waals surface area contributed by atoms with Gasteiger partial charge in [0.1, 0.15) is 55.4 Å². The Morgan fingerprint density at radius 2 is 0.739 bits per heavy atom. The molecule has 408 valence electrons. The number of esters is 2. The van der Waals surface area contributed by atoms with Gasteiger partial charge in [-0.3, -0.25) is 9.59 Å². The summed E-state index contributed by atoms with van der Waals surface area (Å²) in [6.07, 6.45) is 24.4. The minimum absolute atomic E-state index is 0.172. The quantitative estimate of drug-likeness (QED) is 0.0223. The van der Waals surface area contributed by atoms with Crippen LogP contribution in [0.2, 0.25) is 0 Å². The fraction of sp³-hybridized carbons (Fsp3) is 0.963. The molecule has 0 spiro atoms. The Bertz CT molecular complexity index is 1210. The van der Waals surface area contributed by atoms with E-state index in [-0.39, 0.29) is 26.1 Å². The van der Waals surface area contributed by atoms with Crippen molar-refractivity contribution in [2.45, 2.75) is 306 Å². The summed E-state index contributed by atoms with van der Waals surface area (Å²) in [5.74, 6) is -0.910. The molecular formula is C54H102O15. The van der Waals surface area contributed by atoms with Gasteiger partial charge >= 0.3 is 11.9 Å². The molecular weight excluding hydrogens is 889 g/mol. The van der Waals surface area contributed by atoms with Crippen LogP contribution < -0.4 is 0 Å². The Balaban J connectivity index is 1.69. The predicted octanol–water partition coefficient (Wildman–Crippen LogP) is 8.78. The molecule has 0 bridgehead atoms. The number of carbonyl (C=O) groups excluding carboxylic acids is 2. The molecule has 11 atom stereocenters. The molecule has 2 aliphatic rings. The molecule has 15 nitrogen and oxygen atoms in total. The lowest BCUT2D eigenvalue weighted by Crippen LogP contribution is -2.61. The molecule has 4 unspecified atom stereocenters. The van der Waals surface area contributed by atoms with E-state index in [1.165, 1.54) is 161 Å². The van der Waals surface area contributed by atoms with Crippen molar-refractivity contribution < 1.29 is 73.8 Å². The molecule has 0 radical (unpaired) electrons. The van der Waals surface area contributed by atoms with Gasteiger partial charge in [-0.1, -0.05) is 213 Å². The third-order valence-corrected chi connectivity index (χ3v) is 13.8. The van der Waals surface area contributed by atoms with Gasteiger partial charge in [-0.15, -0.1) is 0 Å². The second kappa shape index (κ2) is 41.9. The van der Waals surface area contributed by atoms with E-state index < -0.39 is 92.7 Å². The van der Waals surface area contributed by atoms with Crippen molar-refractivity contribution in [3.05, 3.63) is 0 Å². The summed E-state index contributed by atoms with van der Waals surface area (Å²) in [7, 11) is 0. The smallest absolute Gasteiger partial charge is 0.306 e. The van der Waals surface area contributed by atoms with E-state index in [2.05, 4.69) is 13.8 Å². The molecule has 0 aromatic heterocycles. The molecule has 2 saturated heterocycles. The van der Waals surface area contributed by atoms with Gasteiger partial charge in [0.05, 0.1) is 19.8 Å². The van der Waals surface area contributed by atoms with Crippen LogP contribution in [-0.2, 0) is 38.0 Å². The highest BCUT2D eigenvalue weighted by atomic mass is 16.7. The van der Waals surface area contributed by atoms with Crippen molar-refractivity contribution in [2.75, 3.05) is 26.4 Å². The lowest BCUT2D eigenvalue weighted by molar-refractivity contribution is -0.332. The van der Waals surface area contributed by atoms with E-state index in [1.807, 2.05) is 0 Å². The van der Waals surface area contributed by atoms with E-state index in [9.17, 15) is 45.3 Å². The summed E-state index contributed by atoms with van der Waals surface area (Å²) in [6.45, 7) is 2.62. The molecule has 0 aromatic rings. The molecule has 0 saturated carbocycles. The lowest BCUT2D eigenvalue weighted by atomic mass is 9.98. The second-order valence-corrected chi connectivity index (χ2v) is 20.1. The maximum Gasteiger partial charge on any atom is 0.306 e. The van der Waals surface area contributed by atoms with Gasteiger partial charge in [-0.05, 0) is 12.8 Å². The van der Waals surface area contributed by atoms with Gasteiger partial charge in [0.15, 0.2) is 18.7 Å². The average Bonchev–Trinajstić information content (AvgIpc) is 3.34. The van der Waals surface area contributed by atoms with E-state index in [4.69, 9.17) is 28.4 Å². The fourth-order valence-corrected chi connectivity index (χ4v) is 9.22. The van der Waals surface area contributed by atoms with Crippen molar-refractivity contribution in [1.29, 1.82) is 0 Å². The maximum atomic E-state index is 13.0. The molecule has 0 amide bonds. The third kappa shape index (κ3) is 29.7. The van der Waals surface area contributed by atoms with Crippen LogP contribution in [0.15, 0.2) is 0 Å². The van der Waals surface area contributed by atoms with Gasteiger partial charge in [-0.25, -0.2) is 0 Å². The number of rotatable bonds is 45. The number of ether oxygens (including phenoxy) is 6. The lowest BCUT2D eigenvalue weighted by Gasteiger charge is -2.42. The zero-order valence-corrected chi connectivity index (χ0v) is 43.3. The van der Waals surface area contributed by atoms with Gasteiger partial charge in [0, 0.05) is 12.8 Å². The molecule has 2 heterocycles. The zero-order valence-electron chi connectivity index (χ0n) is 43.3. The summed E-state index contributed by atoms with van der Waals surface area (Å²) in [4.78, 5) is 25.8. The molecule has 0 aromatic carbocycles. The van der Waals surface area contributed by atoms with Crippen LogP contribution in [0.5, 0.6) is 0 Å². The van der Waals surface area contributed by atoms with E-state index in [0.717, 1.165) is 38.5 Å². The monoisotopic (exact) mass is 991 g/mol. The minimum Gasteiger partial charge on any atom is -0.462 e. The number of hydrogen-bond acceptors (Lipinski definition) is 15. The van der Waals surface area contributed by atoms with Crippen LogP contribution in [0.4, 0.5) is 0 Å². The highest BCUT2D eigenvalue weighted by Crippen LogP contribution is 2.27. The Morgan fingerprint density at radius 3 is 1.13 bits per heavy atom. The highest BCUT2D eigenvalue weighted by Gasteiger charge is 2.47. The van der Waals surface area contributed by atoms with E-state index >= 15 is 0 Å². The summed E-state index contributed by atoms with van der Waals surface area (Å²) >= 11 is 0. The van der Waals surface area contributed by atoms with Crippen LogP contribution in [0.3, 0.4) is 0 Å². The zero-order chi connectivity index (χ0) is 50.3. The number of hydrogen-bond donors (Lipinski definition) is 7. The van der Waals surface area contributed by atoms with Gasteiger partial charge in [-0.2, -0.15) is 0 Å². The first-order valence-corrected chi connectivity index (χ1v) is 28.1. The Kier molecular flexibility index (Phi) is 38.6. The third-order valence-electron chi connectivity index (χ3n) is 13.8. The van der Waals surface area contributed by atoms with Crippen molar-refractivity contribution in [3.8, 4) is 0 Å². The van der Waals surface area contributed by atoms with Crippen LogP contribution in [0.1, 0.15) is 239 Å². The summed E-state index contributed by atoms with van der Waals surface area (Å²) < 4.78 is 33.6.